The lowest BCUT2D eigenvalue weighted by Crippen LogP contribution is -1.87. The molecule has 0 saturated heterocycles. The summed E-state index contributed by atoms with van der Waals surface area (Å²) in [4.78, 5) is 10.1. The summed E-state index contributed by atoms with van der Waals surface area (Å²) in [6.45, 7) is 0. The molecule has 0 aliphatic carbocycles. The Labute approximate surface area is 102 Å². The van der Waals surface area contributed by atoms with Gasteiger partial charge in [-0.05, 0) is 11.6 Å². The van der Waals surface area contributed by atoms with Crippen molar-refractivity contribution in [3.05, 3.63) is 58.0 Å². The van der Waals surface area contributed by atoms with Crippen molar-refractivity contribution in [3.8, 4) is 6.07 Å². The Bertz CT molecular complexity index is 639. The minimum atomic E-state index is -0.488. The number of nitro benzene ring substituents is 1. The zero-order valence-electron chi connectivity index (χ0n) is 9.11. The van der Waals surface area contributed by atoms with Crippen LogP contribution in [0.2, 0.25) is 0 Å². The van der Waals surface area contributed by atoms with Crippen molar-refractivity contribution in [1.29, 1.82) is 5.26 Å². The summed E-state index contributed by atoms with van der Waals surface area (Å²) < 4.78 is 4.86. The third-order valence-corrected chi connectivity index (χ3v) is 2.22. The van der Waals surface area contributed by atoms with E-state index in [1.807, 2.05) is 6.07 Å². The van der Waals surface area contributed by atoms with Crippen LogP contribution in [0, 0.1) is 21.4 Å². The van der Waals surface area contributed by atoms with Crippen LogP contribution in [0.3, 0.4) is 0 Å². The van der Waals surface area contributed by atoms with Gasteiger partial charge in [-0.2, -0.15) is 5.26 Å². The van der Waals surface area contributed by atoms with E-state index in [2.05, 4.69) is 5.16 Å². The van der Waals surface area contributed by atoms with E-state index in [4.69, 9.17) is 9.78 Å². The number of allylic oxidation sites excluding steroid dienone is 1. The number of nitro groups is 1. The van der Waals surface area contributed by atoms with Gasteiger partial charge in [0, 0.05) is 18.2 Å². The zero-order chi connectivity index (χ0) is 13.0. The van der Waals surface area contributed by atoms with Gasteiger partial charge in [0.15, 0.2) is 5.76 Å². The van der Waals surface area contributed by atoms with Crippen LogP contribution in [0.5, 0.6) is 0 Å². The Kier molecular flexibility index (Phi) is 3.16. The molecule has 0 radical (unpaired) electrons. The molecule has 0 aliphatic heterocycles. The highest BCUT2D eigenvalue weighted by Crippen LogP contribution is 2.20. The molecule has 0 amide bonds. The fourth-order valence-electron chi connectivity index (χ4n) is 1.41. The van der Waals surface area contributed by atoms with E-state index in [9.17, 15) is 10.1 Å². The van der Waals surface area contributed by atoms with Crippen molar-refractivity contribution >= 4 is 17.3 Å². The Morgan fingerprint density at radius 1 is 1.50 bits per heavy atom. The molecule has 88 valence electrons. The molecule has 1 aromatic heterocycles. The van der Waals surface area contributed by atoms with Crippen LogP contribution in [-0.2, 0) is 0 Å². The van der Waals surface area contributed by atoms with Crippen molar-refractivity contribution in [3.63, 3.8) is 0 Å². The molecule has 6 nitrogen and oxygen atoms in total. The number of non-ortho nitro benzene ring substituents is 1. The lowest BCUT2D eigenvalue weighted by molar-refractivity contribution is -0.384. The van der Waals surface area contributed by atoms with Crippen LogP contribution in [-0.4, -0.2) is 10.1 Å². The molecule has 0 atom stereocenters. The number of hydrogen-bond acceptors (Lipinski definition) is 5. The SMILES string of the molecule is N#C/C(=C\c1cccc([N+](=O)[O-])c1)c1ccno1. The summed E-state index contributed by atoms with van der Waals surface area (Å²) in [5.74, 6) is 0.323. The lowest BCUT2D eigenvalue weighted by atomic mass is 10.1. The van der Waals surface area contributed by atoms with Crippen LogP contribution in [0.25, 0.3) is 11.6 Å². The summed E-state index contributed by atoms with van der Waals surface area (Å²) in [5.41, 5.74) is 0.781. The van der Waals surface area contributed by atoms with Crippen molar-refractivity contribution in [1.82, 2.24) is 5.16 Å². The van der Waals surface area contributed by atoms with E-state index in [-0.39, 0.29) is 11.3 Å². The normalized spacial score (nSPS) is 10.9. The fraction of sp³-hybridized carbons (Fsp3) is 0. The molecule has 18 heavy (non-hydrogen) atoms. The van der Waals surface area contributed by atoms with Crippen LogP contribution < -0.4 is 0 Å². The highest BCUT2D eigenvalue weighted by molar-refractivity contribution is 5.87. The van der Waals surface area contributed by atoms with E-state index in [1.165, 1.54) is 24.4 Å². The van der Waals surface area contributed by atoms with Gasteiger partial charge in [0.2, 0.25) is 0 Å². The molecule has 2 rings (SSSR count). The number of hydrogen-bond donors (Lipinski definition) is 0. The first-order chi connectivity index (χ1) is 8.70. The molecule has 1 aromatic carbocycles. The second kappa shape index (κ2) is 4.93. The molecule has 0 bridgehead atoms. The molecule has 0 N–H and O–H groups in total. The minimum Gasteiger partial charge on any atom is -0.356 e. The predicted octanol–water partition coefficient (Wildman–Crippen LogP) is 2.65. The van der Waals surface area contributed by atoms with Crippen molar-refractivity contribution in [2.45, 2.75) is 0 Å². The first-order valence-corrected chi connectivity index (χ1v) is 4.98. The van der Waals surface area contributed by atoms with E-state index in [0.717, 1.165) is 0 Å². The quantitative estimate of drug-likeness (QED) is 0.467. The number of nitrogens with zero attached hydrogens (tertiary/aromatic N) is 3. The van der Waals surface area contributed by atoms with Gasteiger partial charge in [-0.3, -0.25) is 10.1 Å². The van der Waals surface area contributed by atoms with E-state index >= 15 is 0 Å². The number of nitriles is 1. The lowest BCUT2D eigenvalue weighted by Gasteiger charge is -1.95. The van der Waals surface area contributed by atoms with Gasteiger partial charge in [0.1, 0.15) is 6.07 Å². The molecule has 6 heteroatoms. The van der Waals surface area contributed by atoms with Crippen molar-refractivity contribution < 1.29 is 9.45 Å². The molecule has 0 aliphatic rings. The molecule has 0 saturated carbocycles. The van der Waals surface area contributed by atoms with Gasteiger partial charge < -0.3 is 4.52 Å². The standard InChI is InChI=1S/C12H7N3O3/c13-8-10(12-4-5-14-18-12)6-9-2-1-3-11(7-9)15(16)17/h1-7H/b10-6+. The maximum Gasteiger partial charge on any atom is 0.270 e. The molecule has 0 spiro atoms. The number of rotatable bonds is 3. The van der Waals surface area contributed by atoms with Gasteiger partial charge >= 0.3 is 0 Å². The van der Waals surface area contributed by atoms with Gasteiger partial charge in [-0.1, -0.05) is 17.3 Å². The largest absolute Gasteiger partial charge is 0.356 e. The molecule has 0 unspecified atom stereocenters. The van der Waals surface area contributed by atoms with Crippen molar-refractivity contribution in [2.75, 3.05) is 0 Å². The van der Waals surface area contributed by atoms with Gasteiger partial charge in [-0.25, -0.2) is 0 Å². The Morgan fingerprint density at radius 2 is 2.33 bits per heavy atom. The third-order valence-electron chi connectivity index (χ3n) is 2.22. The van der Waals surface area contributed by atoms with Gasteiger partial charge in [-0.15, -0.1) is 0 Å². The van der Waals surface area contributed by atoms with Gasteiger partial charge in [0.05, 0.1) is 16.7 Å². The number of aromatic nitrogens is 1. The fourth-order valence-corrected chi connectivity index (χ4v) is 1.41. The van der Waals surface area contributed by atoms with E-state index in [0.29, 0.717) is 11.3 Å². The molecular weight excluding hydrogens is 234 g/mol. The van der Waals surface area contributed by atoms with Gasteiger partial charge in [0.25, 0.3) is 5.69 Å². The summed E-state index contributed by atoms with van der Waals surface area (Å²) >= 11 is 0. The van der Waals surface area contributed by atoms with Crippen LogP contribution in [0.4, 0.5) is 5.69 Å². The first-order valence-electron chi connectivity index (χ1n) is 4.98. The second-order valence-electron chi connectivity index (χ2n) is 3.40. The minimum absolute atomic E-state index is 0.0291. The molecule has 1 heterocycles. The highest BCUT2D eigenvalue weighted by Gasteiger charge is 2.08. The highest BCUT2D eigenvalue weighted by atomic mass is 16.6. The summed E-state index contributed by atoms with van der Waals surface area (Å²) in [5, 5.41) is 23.1. The summed E-state index contributed by atoms with van der Waals surface area (Å²) in [6.07, 6.45) is 2.93. The average Bonchev–Trinajstić information content (AvgIpc) is 2.90. The van der Waals surface area contributed by atoms with E-state index < -0.39 is 4.92 Å². The first kappa shape index (κ1) is 11.5. The third kappa shape index (κ3) is 2.41. The van der Waals surface area contributed by atoms with E-state index in [1.54, 1.807) is 18.2 Å². The molecule has 2 aromatic rings. The molecular formula is C12H7N3O3. The second-order valence-corrected chi connectivity index (χ2v) is 3.40. The average molecular weight is 241 g/mol. The zero-order valence-corrected chi connectivity index (χ0v) is 9.11. The van der Waals surface area contributed by atoms with Crippen LogP contribution >= 0.6 is 0 Å². The summed E-state index contributed by atoms with van der Waals surface area (Å²) in [6, 6.07) is 9.50. The summed E-state index contributed by atoms with van der Waals surface area (Å²) in [7, 11) is 0. The Morgan fingerprint density at radius 3 is 2.94 bits per heavy atom. The van der Waals surface area contributed by atoms with Crippen LogP contribution in [0.1, 0.15) is 11.3 Å². The predicted molar refractivity (Wildman–Crippen MR) is 63.1 cm³/mol. The maximum absolute atomic E-state index is 10.6. The smallest absolute Gasteiger partial charge is 0.270 e. The monoisotopic (exact) mass is 241 g/mol. The van der Waals surface area contributed by atoms with Crippen molar-refractivity contribution in [2.24, 2.45) is 0 Å². The Balaban J connectivity index is 2.40. The number of benzene rings is 1. The van der Waals surface area contributed by atoms with Crippen LogP contribution in [0.15, 0.2) is 41.1 Å². The Hall–Kier alpha value is -2.94. The molecule has 0 fully saturated rings. The topological polar surface area (TPSA) is 93.0 Å². The maximum atomic E-state index is 10.6.